The normalized spacial score (nSPS) is 17.4. The molecule has 0 radical (unpaired) electrons. The summed E-state index contributed by atoms with van der Waals surface area (Å²) < 4.78 is 5.64. The van der Waals surface area contributed by atoms with Crippen LogP contribution < -0.4 is 0 Å². The first-order chi connectivity index (χ1) is 4.56. The smallest absolute Gasteiger partial charge is 0.0674 e. The van der Waals surface area contributed by atoms with Gasteiger partial charge >= 0.3 is 0 Å². The van der Waals surface area contributed by atoms with Gasteiger partial charge in [0.15, 0.2) is 0 Å². The monoisotopic (exact) mass is 144 g/mol. The third-order valence-electron chi connectivity index (χ3n) is 2.40. The molecule has 0 aromatic rings. The molecule has 0 aliphatic carbocycles. The largest absolute Gasteiger partial charge is 0.375 e. The minimum atomic E-state index is 0.0920. The van der Waals surface area contributed by atoms with Crippen LogP contribution in [0.5, 0.6) is 0 Å². The van der Waals surface area contributed by atoms with Crippen LogP contribution in [0.3, 0.4) is 0 Å². The zero-order valence-electron chi connectivity index (χ0n) is 7.90. The highest BCUT2D eigenvalue weighted by molar-refractivity contribution is 4.76. The molecule has 0 heterocycles. The molecule has 1 unspecified atom stereocenters. The number of hydrogen-bond donors (Lipinski definition) is 0. The van der Waals surface area contributed by atoms with Crippen molar-refractivity contribution in [2.45, 2.75) is 46.6 Å². The Morgan fingerprint density at radius 1 is 1.30 bits per heavy atom. The molecule has 0 aliphatic heterocycles. The first kappa shape index (κ1) is 9.96. The fourth-order valence-corrected chi connectivity index (χ4v) is 1.01. The van der Waals surface area contributed by atoms with Crippen LogP contribution in [0, 0.1) is 5.92 Å². The summed E-state index contributed by atoms with van der Waals surface area (Å²) >= 11 is 0. The molecule has 1 nitrogen and oxygen atoms in total. The van der Waals surface area contributed by atoms with Crippen molar-refractivity contribution in [2.24, 2.45) is 5.92 Å². The van der Waals surface area contributed by atoms with Gasteiger partial charge in [-0.05, 0) is 26.2 Å². The lowest BCUT2D eigenvalue weighted by atomic mass is 9.90. The van der Waals surface area contributed by atoms with E-state index in [4.69, 9.17) is 4.74 Å². The fourth-order valence-electron chi connectivity index (χ4n) is 1.01. The SMILES string of the molecule is CCOC(C)(CC)C(C)C. The molecular weight excluding hydrogens is 124 g/mol. The lowest BCUT2D eigenvalue weighted by molar-refractivity contribution is -0.0610. The van der Waals surface area contributed by atoms with Crippen LogP contribution in [-0.4, -0.2) is 12.2 Å². The van der Waals surface area contributed by atoms with E-state index in [0.29, 0.717) is 5.92 Å². The van der Waals surface area contributed by atoms with E-state index in [0.717, 1.165) is 13.0 Å². The van der Waals surface area contributed by atoms with Crippen LogP contribution in [0.1, 0.15) is 41.0 Å². The van der Waals surface area contributed by atoms with Crippen molar-refractivity contribution in [1.82, 2.24) is 0 Å². The van der Waals surface area contributed by atoms with Crippen LogP contribution >= 0.6 is 0 Å². The van der Waals surface area contributed by atoms with Crippen molar-refractivity contribution in [3.8, 4) is 0 Å². The summed E-state index contributed by atoms with van der Waals surface area (Å²) in [5.74, 6) is 0.609. The predicted octanol–water partition coefficient (Wildman–Crippen LogP) is 2.85. The molecule has 0 rings (SSSR count). The molecule has 0 bridgehead atoms. The molecule has 1 atom stereocenters. The molecule has 0 aromatic carbocycles. The average molecular weight is 144 g/mol. The van der Waals surface area contributed by atoms with Gasteiger partial charge in [0.2, 0.25) is 0 Å². The molecule has 0 fully saturated rings. The number of rotatable bonds is 4. The van der Waals surface area contributed by atoms with Crippen LogP contribution in [0.4, 0.5) is 0 Å². The van der Waals surface area contributed by atoms with Gasteiger partial charge in [0.1, 0.15) is 0 Å². The highest BCUT2D eigenvalue weighted by atomic mass is 16.5. The maximum absolute atomic E-state index is 5.64. The van der Waals surface area contributed by atoms with Gasteiger partial charge in [-0.15, -0.1) is 0 Å². The third kappa shape index (κ3) is 2.30. The summed E-state index contributed by atoms with van der Waals surface area (Å²) in [5.41, 5.74) is 0.0920. The molecule has 0 aliphatic rings. The summed E-state index contributed by atoms with van der Waals surface area (Å²) in [6.45, 7) is 11.6. The Hall–Kier alpha value is -0.0400. The van der Waals surface area contributed by atoms with Gasteiger partial charge < -0.3 is 4.74 Å². The Bertz CT molecular complexity index is 88.7. The van der Waals surface area contributed by atoms with E-state index in [2.05, 4.69) is 34.6 Å². The van der Waals surface area contributed by atoms with Crippen molar-refractivity contribution in [1.29, 1.82) is 0 Å². The van der Waals surface area contributed by atoms with Crippen LogP contribution in [0.15, 0.2) is 0 Å². The Morgan fingerprint density at radius 2 is 1.80 bits per heavy atom. The molecule has 0 spiro atoms. The topological polar surface area (TPSA) is 9.23 Å². The van der Waals surface area contributed by atoms with E-state index in [1.165, 1.54) is 0 Å². The highest BCUT2D eigenvalue weighted by Crippen LogP contribution is 2.24. The Balaban J connectivity index is 3.94. The maximum Gasteiger partial charge on any atom is 0.0674 e. The standard InChI is InChI=1S/C9H20O/c1-6-9(5,8(3)4)10-7-2/h8H,6-7H2,1-5H3. The summed E-state index contributed by atoms with van der Waals surface area (Å²) in [6, 6.07) is 0. The number of hydrogen-bond acceptors (Lipinski definition) is 1. The van der Waals surface area contributed by atoms with Crippen molar-refractivity contribution >= 4 is 0 Å². The molecule has 0 saturated carbocycles. The summed E-state index contributed by atoms with van der Waals surface area (Å²) in [7, 11) is 0. The molecular formula is C9H20O. The molecule has 0 saturated heterocycles. The molecule has 0 N–H and O–H groups in total. The minimum absolute atomic E-state index is 0.0920. The summed E-state index contributed by atoms with van der Waals surface area (Å²) in [6.07, 6.45) is 1.10. The molecule has 0 aromatic heterocycles. The van der Waals surface area contributed by atoms with E-state index < -0.39 is 0 Å². The minimum Gasteiger partial charge on any atom is -0.375 e. The summed E-state index contributed by atoms with van der Waals surface area (Å²) in [5, 5.41) is 0. The molecule has 0 amide bonds. The predicted molar refractivity (Wildman–Crippen MR) is 45.2 cm³/mol. The van der Waals surface area contributed by atoms with Gasteiger partial charge in [0.05, 0.1) is 5.60 Å². The second kappa shape index (κ2) is 3.97. The van der Waals surface area contributed by atoms with Crippen LogP contribution in [-0.2, 0) is 4.74 Å². The van der Waals surface area contributed by atoms with E-state index in [1.807, 2.05) is 0 Å². The van der Waals surface area contributed by atoms with Gasteiger partial charge in [0, 0.05) is 6.61 Å². The van der Waals surface area contributed by atoms with Crippen molar-refractivity contribution in [3.05, 3.63) is 0 Å². The summed E-state index contributed by atoms with van der Waals surface area (Å²) in [4.78, 5) is 0. The van der Waals surface area contributed by atoms with Crippen molar-refractivity contribution < 1.29 is 4.74 Å². The van der Waals surface area contributed by atoms with E-state index in [-0.39, 0.29) is 5.60 Å². The highest BCUT2D eigenvalue weighted by Gasteiger charge is 2.25. The Labute approximate surface area is 64.8 Å². The van der Waals surface area contributed by atoms with Crippen LogP contribution in [0.2, 0.25) is 0 Å². The lowest BCUT2D eigenvalue weighted by Crippen LogP contribution is -2.33. The second-order valence-corrected chi connectivity index (χ2v) is 3.25. The third-order valence-corrected chi connectivity index (χ3v) is 2.40. The quantitative estimate of drug-likeness (QED) is 0.589. The molecule has 10 heavy (non-hydrogen) atoms. The Morgan fingerprint density at radius 3 is 1.90 bits per heavy atom. The van der Waals surface area contributed by atoms with Gasteiger partial charge in [-0.1, -0.05) is 20.8 Å². The van der Waals surface area contributed by atoms with Gasteiger partial charge in [0.25, 0.3) is 0 Å². The number of ether oxygens (including phenoxy) is 1. The van der Waals surface area contributed by atoms with Gasteiger partial charge in [-0.25, -0.2) is 0 Å². The second-order valence-electron chi connectivity index (χ2n) is 3.25. The van der Waals surface area contributed by atoms with E-state index in [9.17, 15) is 0 Å². The fraction of sp³-hybridized carbons (Fsp3) is 1.00. The van der Waals surface area contributed by atoms with Gasteiger partial charge in [-0.2, -0.15) is 0 Å². The zero-order chi connectivity index (χ0) is 8.20. The zero-order valence-corrected chi connectivity index (χ0v) is 7.90. The molecule has 62 valence electrons. The van der Waals surface area contributed by atoms with E-state index >= 15 is 0 Å². The average Bonchev–Trinajstić information content (AvgIpc) is 1.88. The molecule has 1 heteroatoms. The van der Waals surface area contributed by atoms with Gasteiger partial charge in [-0.3, -0.25) is 0 Å². The lowest BCUT2D eigenvalue weighted by Gasteiger charge is -2.32. The van der Waals surface area contributed by atoms with E-state index in [1.54, 1.807) is 0 Å². The van der Waals surface area contributed by atoms with Crippen LogP contribution in [0.25, 0.3) is 0 Å². The van der Waals surface area contributed by atoms with Crippen molar-refractivity contribution in [2.75, 3.05) is 6.61 Å². The van der Waals surface area contributed by atoms with Crippen molar-refractivity contribution in [3.63, 3.8) is 0 Å². The Kier molecular flexibility index (Phi) is 3.95. The first-order valence-corrected chi connectivity index (χ1v) is 4.20. The maximum atomic E-state index is 5.64. The first-order valence-electron chi connectivity index (χ1n) is 4.20.